The highest BCUT2D eigenvalue weighted by Gasteiger charge is 2.43. The molecule has 3 aliphatic rings. The van der Waals surface area contributed by atoms with Crippen LogP contribution in [-0.2, 0) is 0 Å². The molecule has 3 aliphatic heterocycles. The lowest BCUT2D eigenvalue weighted by molar-refractivity contribution is 0.0700. The van der Waals surface area contributed by atoms with Crippen molar-refractivity contribution in [3.05, 3.63) is 53.6 Å². The second kappa shape index (κ2) is 12.4. The zero-order valence-corrected chi connectivity index (χ0v) is 27.8. The Balaban J connectivity index is 1.41. The molecule has 0 radical (unpaired) electrons. The lowest BCUT2D eigenvalue weighted by Gasteiger charge is -2.47. The van der Waals surface area contributed by atoms with Gasteiger partial charge >= 0.3 is 6.01 Å². The summed E-state index contributed by atoms with van der Waals surface area (Å²) < 4.78 is 39.9. The van der Waals surface area contributed by atoms with Crippen molar-refractivity contribution in [2.24, 2.45) is 0 Å². The van der Waals surface area contributed by atoms with Crippen LogP contribution in [0.4, 0.5) is 14.6 Å². The summed E-state index contributed by atoms with van der Waals surface area (Å²) >= 11 is 0. The molecule has 4 aromatic rings. The molecule has 3 saturated heterocycles. The molecule has 0 saturated carbocycles. The van der Waals surface area contributed by atoms with E-state index in [2.05, 4.69) is 21.1 Å². The average molecular weight is 656 g/mol. The fourth-order valence-corrected chi connectivity index (χ4v) is 8.30. The molecule has 3 fully saturated rings. The lowest BCUT2D eigenvalue weighted by atomic mass is 9.90. The molecule has 3 aromatic carbocycles. The number of benzene rings is 3. The van der Waals surface area contributed by atoms with Crippen LogP contribution >= 0.6 is 0 Å². The van der Waals surface area contributed by atoms with Crippen molar-refractivity contribution in [3.8, 4) is 35.2 Å². The summed E-state index contributed by atoms with van der Waals surface area (Å²) in [5.41, 5.74) is -0.675. The first kappa shape index (κ1) is 32.5. The van der Waals surface area contributed by atoms with Gasteiger partial charge in [-0.1, -0.05) is 30.9 Å². The first-order chi connectivity index (χ1) is 23.0. The van der Waals surface area contributed by atoms with Crippen LogP contribution in [0, 0.1) is 24.0 Å². The van der Waals surface area contributed by atoms with E-state index in [-0.39, 0.29) is 45.4 Å². The summed E-state index contributed by atoms with van der Waals surface area (Å²) in [6, 6.07) is 9.27. The third-order valence-electron chi connectivity index (χ3n) is 10.8. The number of phenols is 1. The molecule has 10 heteroatoms. The zero-order valence-electron chi connectivity index (χ0n) is 27.8. The number of aliphatic hydroxyl groups is 1. The van der Waals surface area contributed by atoms with Gasteiger partial charge in [-0.2, -0.15) is 9.97 Å². The normalized spacial score (nSPS) is 25.5. The number of nitrogens with one attached hydrogen (secondary N) is 1. The molecule has 1 aromatic heterocycles. The van der Waals surface area contributed by atoms with E-state index < -0.39 is 23.3 Å². The molecule has 8 nitrogen and oxygen atoms in total. The van der Waals surface area contributed by atoms with Gasteiger partial charge in [0.15, 0.2) is 5.82 Å². The molecular weight excluding hydrogens is 612 g/mol. The maximum absolute atomic E-state index is 17.1. The Morgan fingerprint density at radius 1 is 1.12 bits per heavy atom. The number of ether oxygens (including phenoxy) is 1. The van der Waals surface area contributed by atoms with E-state index in [4.69, 9.17) is 16.1 Å². The number of aromatic hydroxyl groups is 1. The summed E-state index contributed by atoms with van der Waals surface area (Å²) in [6.45, 7) is 8.91. The van der Waals surface area contributed by atoms with Crippen molar-refractivity contribution in [2.45, 2.75) is 82.5 Å². The van der Waals surface area contributed by atoms with Gasteiger partial charge in [0.2, 0.25) is 0 Å². The van der Waals surface area contributed by atoms with E-state index in [1.807, 2.05) is 18.7 Å². The standard InChI is InChI=1S/C38H43F2N5O3/c1-5-25-11-9-12-26-17-27(47)18-28(31(25)26)32-30(39)19-29-34(33(32)40)41-36(48-22-38-13-7-6-8-15-45(38)16-10-14-38)42-35(29)44-20-23(2)43-37(4,21-44)24(3)46/h1,9,11-12,17-19,23-24,43,46-47H,6-8,10,13-16,20-22H2,2-4H3/t23-,24?,37-,38-/m1/s1. The van der Waals surface area contributed by atoms with E-state index in [0.717, 1.165) is 45.2 Å². The Kier molecular flexibility index (Phi) is 8.43. The average Bonchev–Trinajstić information content (AvgIpc) is 3.34. The summed E-state index contributed by atoms with van der Waals surface area (Å²) in [5, 5.41) is 26.0. The molecule has 0 amide bonds. The van der Waals surface area contributed by atoms with Crippen LogP contribution < -0.4 is 15.0 Å². The number of phenolic OH excluding ortho intramolecular Hbond substituents is 1. The highest BCUT2D eigenvalue weighted by atomic mass is 19.1. The first-order valence-electron chi connectivity index (χ1n) is 17.0. The van der Waals surface area contributed by atoms with E-state index in [0.29, 0.717) is 41.9 Å². The number of aromatic nitrogens is 2. The van der Waals surface area contributed by atoms with E-state index in [9.17, 15) is 10.2 Å². The van der Waals surface area contributed by atoms with Crippen molar-refractivity contribution < 1.29 is 23.7 Å². The van der Waals surface area contributed by atoms with Gasteiger partial charge in [-0.25, -0.2) is 8.78 Å². The molecule has 4 heterocycles. The van der Waals surface area contributed by atoms with Crippen molar-refractivity contribution in [3.63, 3.8) is 0 Å². The Bertz CT molecular complexity index is 1930. The van der Waals surface area contributed by atoms with E-state index in [1.54, 1.807) is 25.1 Å². The molecule has 3 N–H and O–H groups in total. The van der Waals surface area contributed by atoms with E-state index in [1.165, 1.54) is 24.6 Å². The van der Waals surface area contributed by atoms with Crippen molar-refractivity contribution >= 4 is 27.5 Å². The van der Waals surface area contributed by atoms with Crippen LogP contribution in [0.25, 0.3) is 32.8 Å². The van der Waals surface area contributed by atoms with Crippen LogP contribution in [0.5, 0.6) is 11.8 Å². The monoisotopic (exact) mass is 655 g/mol. The molecule has 7 rings (SSSR count). The molecule has 0 spiro atoms. The number of piperazine rings is 1. The SMILES string of the molecule is C#Cc1cccc2cc(O)cc(-c3c(F)cc4c(N5C[C@@H](C)N[C@@](C)(C(C)O)C5)nc(OC[C@]56CCCCCN5CCC6)nc4c3F)c12. The number of hydrogen-bond donors (Lipinski definition) is 3. The number of fused-ring (bicyclic) bond motifs is 3. The van der Waals surface area contributed by atoms with Crippen molar-refractivity contribution in [1.29, 1.82) is 0 Å². The highest BCUT2D eigenvalue weighted by molar-refractivity contribution is 6.04. The molecule has 48 heavy (non-hydrogen) atoms. The Labute approximate surface area is 280 Å². The van der Waals surface area contributed by atoms with Gasteiger partial charge in [-0.3, -0.25) is 4.90 Å². The number of hydrogen-bond acceptors (Lipinski definition) is 8. The molecule has 4 atom stereocenters. The van der Waals surface area contributed by atoms with Crippen LogP contribution in [0.2, 0.25) is 0 Å². The largest absolute Gasteiger partial charge is 0.508 e. The van der Waals surface area contributed by atoms with Crippen molar-refractivity contribution in [2.75, 3.05) is 37.7 Å². The smallest absolute Gasteiger partial charge is 0.319 e. The molecule has 252 valence electrons. The van der Waals surface area contributed by atoms with Gasteiger partial charge in [0, 0.05) is 41.0 Å². The third-order valence-corrected chi connectivity index (χ3v) is 10.8. The quantitative estimate of drug-likeness (QED) is 0.214. The van der Waals surface area contributed by atoms with E-state index >= 15 is 8.78 Å². The second-order valence-electron chi connectivity index (χ2n) is 14.2. The number of terminal acetylenes is 1. The second-order valence-corrected chi connectivity index (χ2v) is 14.2. The topological polar surface area (TPSA) is 94.0 Å². The fourth-order valence-electron chi connectivity index (χ4n) is 8.30. The summed E-state index contributed by atoms with van der Waals surface area (Å²) in [7, 11) is 0. The fraction of sp³-hybridized carbons (Fsp3) is 0.474. The predicted octanol–water partition coefficient (Wildman–Crippen LogP) is 6.14. The highest BCUT2D eigenvalue weighted by Crippen LogP contribution is 2.42. The summed E-state index contributed by atoms with van der Waals surface area (Å²) in [4.78, 5) is 13.9. The minimum atomic E-state index is -0.895. The predicted molar refractivity (Wildman–Crippen MR) is 184 cm³/mol. The Morgan fingerprint density at radius 3 is 2.71 bits per heavy atom. The van der Waals surface area contributed by atoms with Gasteiger partial charge < -0.3 is 25.2 Å². The Morgan fingerprint density at radius 2 is 1.92 bits per heavy atom. The maximum Gasteiger partial charge on any atom is 0.319 e. The van der Waals surface area contributed by atoms with Gasteiger partial charge in [-0.15, -0.1) is 6.42 Å². The number of rotatable bonds is 6. The van der Waals surface area contributed by atoms with Gasteiger partial charge in [0.05, 0.1) is 22.7 Å². The third kappa shape index (κ3) is 5.62. The molecular formula is C38H43F2N5O3. The first-order valence-corrected chi connectivity index (χ1v) is 17.0. The van der Waals surface area contributed by atoms with Crippen LogP contribution in [-0.4, -0.2) is 81.1 Å². The van der Waals surface area contributed by atoms with Gasteiger partial charge in [0.1, 0.15) is 29.5 Å². The summed E-state index contributed by atoms with van der Waals surface area (Å²) in [5.74, 6) is 1.08. The maximum atomic E-state index is 17.1. The zero-order chi connectivity index (χ0) is 33.8. The van der Waals surface area contributed by atoms with Crippen LogP contribution in [0.1, 0.15) is 64.9 Å². The molecule has 0 bridgehead atoms. The minimum absolute atomic E-state index is 0.0226. The Hall–Kier alpha value is -4.04. The molecule has 1 unspecified atom stereocenters. The number of aliphatic hydroxyl groups excluding tert-OH is 1. The van der Waals surface area contributed by atoms with Crippen LogP contribution in [0.15, 0.2) is 36.4 Å². The number of nitrogens with zero attached hydrogens (tertiary/aromatic N) is 4. The molecule has 0 aliphatic carbocycles. The van der Waals surface area contributed by atoms with Gasteiger partial charge in [0.25, 0.3) is 0 Å². The van der Waals surface area contributed by atoms with Gasteiger partial charge in [-0.05, 0) is 89.2 Å². The van der Waals surface area contributed by atoms with Crippen molar-refractivity contribution in [1.82, 2.24) is 20.2 Å². The minimum Gasteiger partial charge on any atom is -0.508 e. The lowest BCUT2D eigenvalue weighted by Crippen LogP contribution is -2.67. The number of anilines is 1. The summed E-state index contributed by atoms with van der Waals surface area (Å²) in [6.07, 6.45) is 11.7. The number of halogens is 2. The van der Waals surface area contributed by atoms with Crippen LogP contribution in [0.3, 0.4) is 0 Å².